The van der Waals surface area contributed by atoms with E-state index in [0.717, 1.165) is 6.42 Å². The Balaban J connectivity index is 4.09. The zero-order valence-corrected chi connectivity index (χ0v) is 8.49. The molecule has 78 valence electrons. The van der Waals surface area contributed by atoms with Gasteiger partial charge in [0.1, 0.15) is 6.61 Å². The molecule has 0 amide bonds. The maximum Gasteiger partial charge on any atom is 0.330 e. The number of carbonyl (C=O) groups is 1. The van der Waals surface area contributed by atoms with Crippen molar-refractivity contribution in [2.75, 3.05) is 6.61 Å². The first-order valence-corrected chi connectivity index (χ1v) is 4.54. The number of aliphatic carboxylic acids is 1. The maximum atomic E-state index is 10.5. The molecule has 4 nitrogen and oxygen atoms in total. The molecule has 14 heavy (non-hydrogen) atoms. The molecule has 0 aromatic heterocycles. The second-order valence-electron chi connectivity index (χ2n) is 3.05. The maximum absolute atomic E-state index is 10.5. The number of allylic oxidation sites excluding steroid dienone is 1. The quantitative estimate of drug-likeness (QED) is 0.401. The first kappa shape index (κ1) is 12.5. The van der Waals surface area contributed by atoms with Crippen molar-refractivity contribution >= 4 is 5.97 Å². The van der Waals surface area contributed by atoms with Crippen LogP contribution in [0.15, 0.2) is 11.6 Å². The van der Waals surface area contributed by atoms with Gasteiger partial charge in [0.2, 0.25) is 0 Å². The number of hydrogen-bond donors (Lipinski definition) is 1. The fourth-order valence-corrected chi connectivity index (χ4v) is 1.09. The van der Waals surface area contributed by atoms with Gasteiger partial charge in [-0.25, -0.2) is 4.79 Å². The Morgan fingerprint density at radius 3 is 2.79 bits per heavy atom. The summed E-state index contributed by atoms with van der Waals surface area (Å²) in [5, 5.41) is 16.8. The topological polar surface area (TPSA) is 70.3 Å². The number of rotatable bonds is 6. The monoisotopic (exact) mass is 197 g/mol. The minimum absolute atomic E-state index is 0.166. The summed E-state index contributed by atoms with van der Waals surface area (Å²) in [4.78, 5) is 10.5. The molecule has 0 bridgehead atoms. The third kappa shape index (κ3) is 5.20. The van der Waals surface area contributed by atoms with Crippen LogP contribution in [0.3, 0.4) is 0 Å². The predicted octanol–water partition coefficient (Wildman–Crippen LogP) is 1.93. The van der Waals surface area contributed by atoms with Crippen molar-refractivity contribution in [1.82, 2.24) is 0 Å². The van der Waals surface area contributed by atoms with Crippen molar-refractivity contribution in [2.24, 2.45) is 5.92 Å². The van der Waals surface area contributed by atoms with Crippen LogP contribution >= 0.6 is 0 Å². The van der Waals surface area contributed by atoms with Crippen molar-refractivity contribution in [3.8, 4) is 6.26 Å². The lowest BCUT2D eigenvalue weighted by Crippen LogP contribution is -2.04. The Labute approximate surface area is 83.8 Å². The van der Waals surface area contributed by atoms with Gasteiger partial charge < -0.3 is 9.84 Å². The first-order valence-electron chi connectivity index (χ1n) is 4.54. The molecule has 0 saturated heterocycles. The van der Waals surface area contributed by atoms with Crippen LogP contribution in [-0.2, 0) is 9.53 Å². The molecule has 0 fully saturated rings. The van der Waals surface area contributed by atoms with Crippen LogP contribution in [0.2, 0.25) is 0 Å². The summed E-state index contributed by atoms with van der Waals surface area (Å²) in [5.74, 6) is -0.732. The van der Waals surface area contributed by atoms with Crippen molar-refractivity contribution in [3.63, 3.8) is 0 Å². The largest absolute Gasteiger partial charge is 0.478 e. The highest BCUT2D eigenvalue weighted by molar-refractivity contribution is 5.85. The number of nitriles is 1. The number of hydrogen-bond acceptors (Lipinski definition) is 3. The lowest BCUT2D eigenvalue weighted by molar-refractivity contribution is -0.132. The third-order valence-electron chi connectivity index (χ3n) is 2.00. The van der Waals surface area contributed by atoms with Gasteiger partial charge in [-0.1, -0.05) is 13.0 Å². The van der Waals surface area contributed by atoms with E-state index in [1.54, 1.807) is 19.3 Å². The second-order valence-corrected chi connectivity index (χ2v) is 3.05. The van der Waals surface area contributed by atoms with Gasteiger partial charge in [0, 0.05) is 5.57 Å². The average Bonchev–Trinajstić information content (AvgIpc) is 2.16. The minimum Gasteiger partial charge on any atom is -0.478 e. The summed E-state index contributed by atoms with van der Waals surface area (Å²) in [6.45, 7) is 3.89. The van der Waals surface area contributed by atoms with Crippen LogP contribution in [-0.4, -0.2) is 17.7 Å². The van der Waals surface area contributed by atoms with Crippen LogP contribution in [0.4, 0.5) is 0 Å². The van der Waals surface area contributed by atoms with Crippen molar-refractivity contribution in [1.29, 1.82) is 5.26 Å². The van der Waals surface area contributed by atoms with Gasteiger partial charge in [0.15, 0.2) is 0 Å². The molecule has 0 heterocycles. The average molecular weight is 197 g/mol. The Kier molecular flexibility index (Phi) is 6.21. The molecule has 0 rings (SSSR count). The standard InChI is InChI=1S/C10H15NO3/c1-3-9(4-5-14-7-11)6-8(2)10(12)13/h6,9H,3-5H2,1-2H3,(H,12,13). The highest BCUT2D eigenvalue weighted by Gasteiger charge is 2.07. The number of nitrogens with zero attached hydrogens (tertiary/aromatic N) is 1. The van der Waals surface area contributed by atoms with Crippen LogP contribution in [0.25, 0.3) is 0 Å². The van der Waals surface area contributed by atoms with Gasteiger partial charge in [0.25, 0.3) is 6.26 Å². The molecule has 0 aliphatic heterocycles. The van der Waals surface area contributed by atoms with E-state index in [2.05, 4.69) is 4.74 Å². The smallest absolute Gasteiger partial charge is 0.330 e. The molecule has 4 heteroatoms. The van der Waals surface area contributed by atoms with E-state index >= 15 is 0 Å². The zero-order valence-electron chi connectivity index (χ0n) is 8.49. The third-order valence-corrected chi connectivity index (χ3v) is 2.00. The van der Waals surface area contributed by atoms with E-state index < -0.39 is 5.97 Å². The SMILES string of the molecule is CCC(C=C(C)C(=O)O)CCOC#N. The van der Waals surface area contributed by atoms with Crippen LogP contribution in [0.5, 0.6) is 0 Å². The molecule has 0 saturated carbocycles. The molecule has 0 aliphatic rings. The Hall–Kier alpha value is -1.50. The van der Waals surface area contributed by atoms with Crippen LogP contribution in [0.1, 0.15) is 26.7 Å². The first-order chi connectivity index (χ1) is 6.61. The summed E-state index contributed by atoms with van der Waals surface area (Å²) >= 11 is 0. The van der Waals surface area contributed by atoms with Crippen LogP contribution in [0, 0.1) is 17.4 Å². The Morgan fingerprint density at radius 2 is 2.36 bits per heavy atom. The summed E-state index contributed by atoms with van der Waals surface area (Å²) in [5.41, 5.74) is 0.341. The zero-order chi connectivity index (χ0) is 11.0. The van der Waals surface area contributed by atoms with E-state index in [9.17, 15) is 4.79 Å². The predicted molar refractivity (Wildman–Crippen MR) is 51.4 cm³/mol. The van der Waals surface area contributed by atoms with E-state index in [1.807, 2.05) is 6.92 Å². The van der Waals surface area contributed by atoms with Crippen molar-refractivity contribution in [2.45, 2.75) is 26.7 Å². The molecule has 0 aromatic rings. The Morgan fingerprint density at radius 1 is 1.71 bits per heavy atom. The fraction of sp³-hybridized carbons (Fsp3) is 0.600. The van der Waals surface area contributed by atoms with E-state index in [0.29, 0.717) is 18.6 Å². The molecule has 0 radical (unpaired) electrons. The van der Waals surface area contributed by atoms with Gasteiger partial charge in [-0.05, 0) is 25.7 Å². The molecular formula is C10H15NO3. The van der Waals surface area contributed by atoms with Gasteiger partial charge in [-0.2, -0.15) is 5.26 Å². The van der Waals surface area contributed by atoms with E-state index in [1.165, 1.54) is 0 Å². The lowest BCUT2D eigenvalue weighted by atomic mass is 10.00. The molecule has 0 spiro atoms. The van der Waals surface area contributed by atoms with Gasteiger partial charge >= 0.3 is 5.97 Å². The molecule has 0 aromatic carbocycles. The Bertz CT molecular complexity index is 253. The van der Waals surface area contributed by atoms with Crippen molar-refractivity contribution in [3.05, 3.63) is 11.6 Å². The number of carboxylic acids is 1. The van der Waals surface area contributed by atoms with E-state index in [4.69, 9.17) is 10.4 Å². The van der Waals surface area contributed by atoms with Gasteiger partial charge in [0.05, 0.1) is 0 Å². The van der Waals surface area contributed by atoms with E-state index in [-0.39, 0.29) is 5.92 Å². The van der Waals surface area contributed by atoms with Gasteiger partial charge in [-0.15, -0.1) is 0 Å². The molecule has 1 atom stereocenters. The second kappa shape index (κ2) is 6.96. The highest BCUT2D eigenvalue weighted by Crippen LogP contribution is 2.12. The highest BCUT2D eigenvalue weighted by atomic mass is 16.5. The molecule has 1 N–H and O–H groups in total. The summed E-state index contributed by atoms with van der Waals surface area (Å²) in [7, 11) is 0. The molecule has 1 unspecified atom stereocenters. The van der Waals surface area contributed by atoms with Gasteiger partial charge in [-0.3, -0.25) is 0 Å². The number of carboxylic acid groups (broad SMARTS) is 1. The summed E-state index contributed by atoms with van der Waals surface area (Å²) in [6.07, 6.45) is 4.82. The lowest BCUT2D eigenvalue weighted by Gasteiger charge is -2.08. The summed E-state index contributed by atoms with van der Waals surface area (Å²) < 4.78 is 4.54. The number of ether oxygens (including phenoxy) is 1. The molecule has 0 aliphatic carbocycles. The fourth-order valence-electron chi connectivity index (χ4n) is 1.09. The molecular weight excluding hydrogens is 182 g/mol. The normalized spacial score (nSPS) is 13.1. The summed E-state index contributed by atoms with van der Waals surface area (Å²) in [6, 6.07) is 0. The van der Waals surface area contributed by atoms with Crippen molar-refractivity contribution < 1.29 is 14.6 Å². The van der Waals surface area contributed by atoms with Crippen LogP contribution < -0.4 is 0 Å². The minimum atomic E-state index is -0.898.